The predicted octanol–water partition coefficient (Wildman–Crippen LogP) is 2.85. The molecule has 0 heterocycles. The molecule has 0 aliphatic heterocycles. The normalized spacial score (nSPS) is 7.33. The van der Waals surface area contributed by atoms with Gasteiger partial charge in [-0.25, -0.2) is 0 Å². The summed E-state index contributed by atoms with van der Waals surface area (Å²) >= 11 is 11.1. The first-order valence-electron chi connectivity index (χ1n) is 2.11. The van der Waals surface area contributed by atoms with Crippen LogP contribution in [-0.4, -0.2) is 32.7 Å². The summed E-state index contributed by atoms with van der Waals surface area (Å²) < 4.78 is 2.47. The van der Waals surface area contributed by atoms with Gasteiger partial charge in [0, 0.05) is 0 Å². The first-order valence-corrected chi connectivity index (χ1v) is 6.48. The van der Waals surface area contributed by atoms with Crippen molar-refractivity contribution in [3.8, 4) is 0 Å². The van der Waals surface area contributed by atoms with Crippen molar-refractivity contribution in [2.75, 3.05) is 11.8 Å². The standard InChI is InChI=1S/C4H8Cl2Te.2ClH/c5-1-3-7-4-2-6;;/h1-4H2;2*1H/q+1;;. The Balaban J connectivity index is -0.000000180. The van der Waals surface area contributed by atoms with Crippen LogP contribution < -0.4 is 0 Å². The summed E-state index contributed by atoms with van der Waals surface area (Å²) in [6, 6.07) is 0. The Hall–Kier alpha value is 1.95. The van der Waals surface area contributed by atoms with Crippen LogP contribution in [0.4, 0.5) is 0 Å². The third-order valence-corrected chi connectivity index (χ3v) is 5.04. The monoisotopic (exact) mass is 328 g/mol. The van der Waals surface area contributed by atoms with Gasteiger partial charge in [0.25, 0.3) is 0 Å². The van der Waals surface area contributed by atoms with E-state index in [1.165, 1.54) is 8.94 Å². The molecule has 0 saturated carbocycles. The van der Waals surface area contributed by atoms with Gasteiger partial charge in [0.15, 0.2) is 0 Å². The zero-order valence-corrected chi connectivity index (χ0v) is 10.3. The molecule has 9 heavy (non-hydrogen) atoms. The van der Waals surface area contributed by atoms with Crippen LogP contribution >= 0.6 is 48.0 Å². The number of alkyl halides is 2. The van der Waals surface area contributed by atoms with Crippen LogP contribution in [0.1, 0.15) is 0 Å². The second-order valence-electron chi connectivity index (χ2n) is 0.990. The number of halogens is 4. The molecule has 0 saturated heterocycles. The fourth-order valence-electron chi connectivity index (χ4n) is 0.211. The van der Waals surface area contributed by atoms with Crippen LogP contribution in [0.2, 0.25) is 8.94 Å². The van der Waals surface area contributed by atoms with Crippen molar-refractivity contribution in [2.24, 2.45) is 0 Å². The van der Waals surface area contributed by atoms with Gasteiger partial charge >= 0.3 is 64.8 Å². The molecular formula is C4H10Cl4Te+. The number of hydrogen-bond acceptors (Lipinski definition) is 0. The second-order valence-corrected chi connectivity index (χ2v) is 5.24. The van der Waals surface area contributed by atoms with Crippen molar-refractivity contribution in [1.82, 2.24) is 0 Å². The van der Waals surface area contributed by atoms with E-state index < -0.39 is 0 Å². The average Bonchev–Trinajstić information content (AvgIpc) is 1.69. The van der Waals surface area contributed by atoms with Gasteiger partial charge in [0.1, 0.15) is 0 Å². The second kappa shape index (κ2) is 16.5. The van der Waals surface area contributed by atoms with Crippen molar-refractivity contribution >= 4 is 68.9 Å². The molecular weight excluding hydrogens is 317 g/mol. The Kier molecular flexibility index (Phi) is 31.4. The fraction of sp³-hybridized carbons (Fsp3) is 1.00. The van der Waals surface area contributed by atoms with Gasteiger partial charge in [-0.1, -0.05) is 0 Å². The Bertz CT molecular complexity index is 31.7. The van der Waals surface area contributed by atoms with Gasteiger partial charge in [0.05, 0.1) is 0 Å². The molecule has 0 amide bonds. The molecule has 0 aromatic carbocycles. The molecule has 0 spiro atoms. The molecule has 0 fully saturated rings. The molecule has 0 aliphatic carbocycles. The fourth-order valence-corrected chi connectivity index (χ4v) is 2.88. The van der Waals surface area contributed by atoms with E-state index in [0.717, 1.165) is 11.8 Å². The zero-order valence-electron chi connectivity index (χ0n) is 4.81. The van der Waals surface area contributed by atoms with E-state index in [9.17, 15) is 0 Å². The predicted molar refractivity (Wildman–Crippen MR) is 51.3 cm³/mol. The van der Waals surface area contributed by atoms with Crippen molar-refractivity contribution in [3.05, 3.63) is 0 Å². The van der Waals surface area contributed by atoms with Gasteiger partial charge in [0.2, 0.25) is 0 Å². The minimum absolute atomic E-state index is 0. The zero-order chi connectivity index (χ0) is 5.54. The van der Waals surface area contributed by atoms with Crippen molar-refractivity contribution in [1.29, 1.82) is 0 Å². The summed E-state index contributed by atoms with van der Waals surface area (Å²) in [7, 11) is 0. The van der Waals surface area contributed by atoms with Gasteiger partial charge in [-0.3, -0.25) is 0 Å². The maximum atomic E-state index is 5.43. The molecule has 59 valence electrons. The molecule has 0 nitrogen and oxygen atoms in total. The quantitative estimate of drug-likeness (QED) is 0.423. The molecule has 0 aromatic heterocycles. The van der Waals surface area contributed by atoms with Crippen LogP contribution in [0.15, 0.2) is 0 Å². The Labute approximate surface area is 88.9 Å². The molecule has 5 heteroatoms. The van der Waals surface area contributed by atoms with E-state index in [-0.39, 0.29) is 45.7 Å². The van der Waals surface area contributed by atoms with Crippen LogP contribution in [0.25, 0.3) is 0 Å². The molecule has 0 bridgehead atoms. The summed E-state index contributed by atoms with van der Waals surface area (Å²) in [4.78, 5) is 0. The summed E-state index contributed by atoms with van der Waals surface area (Å²) in [6.07, 6.45) is 0. The Morgan fingerprint density at radius 3 is 1.44 bits per heavy atom. The third-order valence-electron chi connectivity index (χ3n) is 0.443. The van der Waals surface area contributed by atoms with Gasteiger partial charge < -0.3 is 0 Å². The first kappa shape index (κ1) is 17.2. The Morgan fingerprint density at radius 1 is 0.889 bits per heavy atom. The van der Waals surface area contributed by atoms with Crippen LogP contribution in [0.3, 0.4) is 0 Å². The van der Waals surface area contributed by atoms with Crippen molar-refractivity contribution in [3.63, 3.8) is 0 Å². The average molecular weight is 328 g/mol. The van der Waals surface area contributed by atoms with Crippen LogP contribution in [0.5, 0.6) is 0 Å². The minimum atomic E-state index is 0. The summed E-state index contributed by atoms with van der Waals surface area (Å²) in [5, 5.41) is 0. The van der Waals surface area contributed by atoms with Crippen molar-refractivity contribution < 1.29 is 0 Å². The molecule has 0 rings (SSSR count). The van der Waals surface area contributed by atoms with E-state index in [1.54, 1.807) is 0 Å². The SMILES string of the molecule is Cl.Cl.ClCC[Te+]CCCl. The molecule has 0 N–H and O–H groups in total. The van der Waals surface area contributed by atoms with Crippen molar-refractivity contribution in [2.45, 2.75) is 8.94 Å². The maximum absolute atomic E-state index is 5.43. The molecule has 0 aromatic rings. The summed E-state index contributed by atoms with van der Waals surface area (Å²) in [5.41, 5.74) is 0. The first-order chi connectivity index (χ1) is 3.41. The van der Waals surface area contributed by atoms with Gasteiger partial charge in [-0.15, -0.1) is 24.8 Å². The molecule has 0 atom stereocenters. The number of hydrogen-bond donors (Lipinski definition) is 0. The topological polar surface area (TPSA) is 0 Å². The summed E-state index contributed by atoms with van der Waals surface area (Å²) in [6.45, 7) is 0. The summed E-state index contributed by atoms with van der Waals surface area (Å²) in [5.74, 6) is 1.66. The molecule has 0 unspecified atom stereocenters. The van der Waals surface area contributed by atoms with E-state index in [1.807, 2.05) is 0 Å². The van der Waals surface area contributed by atoms with E-state index in [2.05, 4.69) is 0 Å². The van der Waals surface area contributed by atoms with E-state index >= 15 is 0 Å². The van der Waals surface area contributed by atoms with E-state index in [0.29, 0.717) is 0 Å². The van der Waals surface area contributed by atoms with Crippen LogP contribution in [0, 0.1) is 0 Å². The number of rotatable bonds is 4. The van der Waals surface area contributed by atoms with E-state index in [4.69, 9.17) is 23.2 Å². The molecule has 1 radical (unpaired) electrons. The van der Waals surface area contributed by atoms with Gasteiger partial charge in [-0.05, 0) is 0 Å². The third kappa shape index (κ3) is 17.8. The molecule has 0 aliphatic rings. The van der Waals surface area contributed by atoms with Gasteiger partial charge in [-0.2, -0.15) is 0 Å². The Morgan fingerprint density at radius 2 is 1.22 bits per heavy atom. The van der Waals surface area contributed by atoms with Crippen LogP contribution in [-0.2, 0) is 0 Å².